The van der Waals surface area contributed by atoms with Crippen LogP contribution in [-0.2, 0) is 21.3 Å². The minimum absolute atomic E-state index is 0.0166. The Kier molecular flexibility index (Phi) is 6.79. The Bertz CT molecular complexity index is 1130. The number of carbonyl (C=O) groups is 1. The molecule has 148 valence electrons. The van der Waals surface area contributed by atoms with Crippen LogP contribution in [0.25, 0.3) is 0 Å². The fraction of sp³-hybridized carbons (Fsp3) is 0.0476. The second kappa shape index (κ2) is 9.49. The fourth-order valence-electron chi connectivity index (χ4n) is 2.47. The maximum absolute atomic E-state index is 12.6. The monoisotopic (exact) mass is 472 g/mol. The van der Waals surface area contributed by atoms with Gasteiger partial charge in [0.2, 0.25) is 5.91 Å². The van der Waals surface area contributed by atoms with E-state index in [1.807, 2.05) is 30.3 Å². The first kappa shape index (κ1) is 20.8. The van der Waals surface area contributed by atoms with Crippen LogP contribution in [0.15, 0.2) is 93.3 Å². The lowest BCUT2D eigenvalue weighted by molar-refractivity contribution is -0.120. The predicted molar refractivity (Wildman–Crippen MR) is 114 cm³/mol. The first-order chi connectivity index (χ1) is 14.0. The molecule has 3 aromatic carbocycles. The number of halogens is 1. The Balaban J connectivity index is 1.71. The van der Waals surface area contributed by atoms with Crippen molar-refractivity contribution in [2.24, 2.45) is 5.10 Å². The van der Waals surface area contributed by atoms with Crippen LogP contribution in [-0.4, -0.2) is 20.5 Å². The molecule has 0 radical (unpaired) electrons. The van der Waals surface area contributed by atoms with Gasteiger partial charge in [0.25, 0.3) is 0 Å². The van der Waals surface area contributed by atoms with E-state index in [-0.39, 0.29) is 23.0 Å². The van der Waals surface area contributed by atoms with E-state index in [1.54, 1.807) is 36.4 Å². The van der Waals surface area contributed by atoms with Gasteiger partial charge < -0.3 is 4.18 Å². The number of carbonyl (C=O) groups excluding carboxylic acids is 1. The molecule has 3 rings (SSSR count). The largest absolute Gasteiger partial charge is 0.378 e. The van der Waals surface area contributed by atoms with Gasteiger partial charge in [-0.1, -0.05) is 54.6 Å². The van der Waals surface area contributed by atoms with Crippen LogP contribution in [0.2, 0.25) is 0 Å². The van der Waals surface area contributed by atoms with Crippen LogP contribution < -0.4 is 9.61 Å². The van der Waals surface area contributed by atoms with Crippen LogP contribution in [0, 0.1) is 0 Å². The zero-order chi connectivity index (χ0) is 20.7. The smallest absolute Gasteiger partial charge is 0.340 e. The van der Waals surface area contributed by atoms with E-state index in [2.05, 4.69) is 26.5 Å². The normalized spacial score (nSPS) is 11.3. The zero-order valence-corrected chi connectivity index (χ0v) is 17.6. The molecule has 1 amide bonds. The van der Waals surface area contributed by atoms with E-state index >= 15 is 0 Å². The SMILES string of the molecule is O=C(Cc1ccccc1)N/N=C/c1ccccc1OS(=O)(=O)c1ccccc1Br. The number of rotatable bonds is 7. The summed E-state index contributed by atoms with van der Waals surface area (Å²) >= 11 is 3.22. The Labute approximate surface area is 177 Å². The van der Waals surface area contributed by atoms with Crippen molar-refractivity contribution in [3.63, 3.8) is 0 Å². The van der Waals surface area contributed by atoms with Gasteiger partial charge in [-0.3, -0.25) is 4.79 Å². The highest BCUT2D eigenvalue weighted by Crippen LogP contribution is 2.26. The molecule has 0 fully saturated rings. The summed E-state index contributed by atoms with van der Waals surface area (Å²) in [6.45, 7) is 0. The lowest BCUT2D eigenvalue weighted by Gasteiger charge is -2.10. The molecule has 29 heavy (non-hydrogen) atoms. The van der Waals surface area contributed by atoms with Crippen molar-refractivity contribution in [1.82, 2.24) is 5.43 Å². The van der Waals surface area contributed by atoms with E-state index < -0.39 is 10.1 Å². The van der Waals surface area contributed by atoms with Crippen molar-refractivity contribution in [2.45, 2.75) is 11.3 Å². The highest BCUT2D eigenvalue weighted by Gasteiger charge is 2.20. The molecular weight excluding hydrogens is 456 g/mol. The number of nitrogens with one attached hydrogen (secondary N) is 1. The van der Waals surface area contributed by atoms with Gasteiger partial charge in [-0.2, -0.15) is 13.5 Å². The molecule has 6 nitrogen and oxygen atoms in total. The number of para-hydroxylation sites is 1. The number of benzene rings is 3. The molecular formula is C21H17BrN2O4S. The number of nitrogens with zero attached hydrogens (tertiary/aromatic N) is 1. The van der Waals surface area contributed by atoms with Gasteiger partial charge in [0.05, 0.1) is 12.6 Å². The third-order valence-corrected chi connectivity index (χ3v) is 6.07. The van der Waals surface area contributed by atoms with Gasteiger partial charge in [-0.05, 0) is 45.8 Å². The van der Waals surface area contributed by atoms with Crippen molar-refractivity contribution in [2.75, 3.05) is 0 Å². The maximum Gasteiger partial charge on any atom is 0.340 e. The maximum atomic E-state index is 12.6. The summed E-state index contributed by atoms with van der Waals surface area (Å²) in [6, 6.07) is 22.2. The van der Waals surface area contributed by atoms with Gasteiger partial charge in [-0.15, -0.1) is 0 Å². The Hall–Kier alpha value is -2.97. The van der Waals surface area contributed by atoms with Gasteiger partial charge in [0, 0.05) is 10.0 Å². The van der Waals surface area contributed by atoms with Crippen molar-refractivity contribution in [1.29, 1.82) is 0 Å². The first-order valence-corrected chi connectivity index (χ1v) is 10.8. The Morgan fingerprint density at radius 3 is 2.38 bits per heavy atom. The highest BCUT2D eigenvalue weighted by atomic mass is 79.9. The molecule has 8 heteroatoms. The minimum atomic E-state index is -4.04. The quantitative estimate of drug-likeness (QED) is 0.321. The van der Waals surface area contributed by atoms with E-state index in [9.17, 15) is 13.2 Å². The topological polar surface area (TPSA) is 84.8 Å². The standard InChI is InChI=1S/C21H17BrN2O4S/c22-18-11-5-7-13-20(18)29(26,27)28-19-12-6-4-10-17(19)15-23-24-21(25)14-16-8-2-1-3-9-16/h1-13,15H,14H2,(H,24,25)/b23-15+. The van der Waals surface area contributed by atoms with Gasteiger partial charge in [0.15, 0.2) is 5.75 Å². The van der Waals surface area contributed by atoms with Gasteiger partial charge >= 0.3 is 10.1 Å². The summed E-state index contributed by atoms with van der Waals surface area (Å²) in [5.74, 6) is -0.184. The number of amides is 1. The average Bonchev–Trinajstić information content (AvgIpc) is 2.70. The summed E-state index contributed by atoms with van der Waals surface area (Å²) < 4.78 is 30.9. The van der Waals surface area contributed by atoms with Gasteiger partial charge in [-0.25, -0.2) is 5.43 Å². The molecule has 0 spiro atoms. The van der Waals surface area contributed by atoms with Crippen molar-refractivity contribution in [3.8, 4) is 5.75 Å². The number of hydrogen-bond donors (Lipinski definition) is 1. The van der Waals surface area contributed by atoms with Crippen molar-refractivity contribution >= 4 is 38.2 Å². The van der Waals surface area contributed by atoms with Crippen molar-refractivity contribution < 1.29 is 17.4 Å². The zero-order valence-electron chi connectivity index (χ0n) is 15.2. The van der Waals surface area contributed by atoms with Crippen LogP contribution in [0.5, 0.6) is 5.75 Å². The molecule has 0 aliphatic carbocycles. The van der Waals surface area contributed by atoms with Crippen molar-refractivity contribution in [3.05, 3.63) is 94.5 Å². The van der Waals surface area contributed by atoms with E-state index in [0.29, 0.717) is 10.0 Å². The Morgan fingerprint density at radius 1 is 0.966 bits per heavy atom. The predicted octanol–water partition coefficient (Wildman–Crippen LogP) is 3.91. The summed E-state index contributed by atoms with van der Waals surface area (Å²) in [7, 11) is -4.04. The third kappa shape index (κ3) is 5.75. The summed E-state index contributed by atoms with van der Waals surface area (Å²) in [5, 5.41) is 3.91. The molecule has 3 aromatic rings. The molecule has 0 unspecified atom stereocenters. The average molecular weight is 473 g/mol. The molecule has 0 bridgehead atoms. The van der Waals surface area contributed by atoms with Gasteiger partial charge in [0.1, 0.15) is 4.90 Å². The molecule has 0 saturated carbocycles. The Morgan fingerprint density at radius 2 is 1.62 bits per heavy atom. The summed E-state index contributed by atoms with van der Waals surface area (Å²) in [4.78, 5) is 12.0. The molecule has 0 aromatic heterocycles. The van der Waals surface area contributed by atoms with Crippen LogP contribution >= 0.6 is 15.9 Å². The van der Waals surface area contributed by atoms with E-state index in [4.69, 9.17) is 4.18 Å². The summed E-state index contributed by atoms with van der Waals surface area (Å²) in [6.07, 6.45) is 1.53. The third-order valence-electron chi connectivity index (χ3n) is 3.82. The van der Waals surface area contributed by atoms with Crippen LogP contribution in [0.3, 0.4) is 0 Å². The van der Waals surface area contributed by atoms with Crippen LogP contribution in [0.4, 0.5) is 0 Å². The lowest BCUT2D eigenvalue weighted by Crippen LogP contribution is -2.19. The first-order valence-electron chi connectivity index (χ1n) is 8.59. The molecule has 0 heterocycles. The highest BCUT2D eigenvalue weighted by molar-refractivity contribution is 9.10. The fourth-order valence-corrected chi connectivity index (χ4v) is 4.38. The molecule has 0 aliphatic heterocycles. The molecule has 0 aliphatic rings. The molecule has 0 saturated heterocycles. The van der Waals surface area contributed by atoms with E-state index in [0.717, 1.165) is 5.56 Å². The minimum Gasteiger partial charge on any atom is -0.378 e. The molecule has 0 atom stereocenters. The second-order valence-electron chi connectivity index (χ2n) is 5.96. The molecule has 1 N–H and O–H groups in total. The van der Waals surface area contributed by atoms with Crippen LogP contribution in [0.1, 0.15) is 11.1 Å². The lowest BCUT2D eigenvalue weighted by atomic mass is 10.1. The second-order valence-corrected chi connectivity index (χ2v) is 8.33. The summed E-state index contributed by atoms with van der Waals surface area (Å²) in [5.41, 5.74) is 3.70. The number of hydrogen-bond acceptors (Lipinski definition) is 5. The number of hydrazone groups is 1. The van der Waals surface area contributed by atoms with E-state index in [1.165, 1.54) is 18.3 Å².